The molecule has 0 atom stereocenters. The third-order valence-electron chi connectivity index (χ3n) is 3.71. The van der Waals surface area contributed by atoms with Gasteiger partial charge in [0.15, 0.2) is 0 Å². The molecule has 0 saturated carbocycles. The second kappa shape index (κ2) is 5.92. The Kier molecular flexibility index (Phi) is 3.82. The Morgan fingerprint density at radius 1 is 1.05 bits per heavy atom. The molecule has 0 aliphatic carbocycles. The molecule has 0 radical (unpaired) electrons. The first-order valence-electron chi connectivity index (χ1n) is 7.20. The summed E-state index contributed by atoms with van der Waals surface area (Å²) in [6.45, 7) is 3.94. The quantitative estimate of drug-likeness (QED) is 0.762. The Hall–Kier alpha value is -2.42. The summed E-state index contributed by atoms with van der Waals surface area (Å²) >= 11 is 0. The smallest absolute Gasteiger partial charge is 0.119 e. The number of hydrogen-bond donors (Lipinski definition) is 1. The summed E-state index contributed by atoms with van der Waals surface area (Å²) in [5.74, 6) is 0.901. The number of nitrogens with zero attached hydrogens (tertiary/aromatic N) is 1. The average molecular weight is 280 g/mol. The van der Waals surface area contributed by atoms with E-state index >= 15 is 0 Å². The van der Waals surface area contributed by atoms with Crippen LogP contribution in [-0.4, -0.2) is 18.2 Å². The van der Waals surface area contributed by atoms with E-state index in [1.807, 2.05) is 6.07 Å². The highest BCUT2D eigenvalue weighted by Gasteiger charge is 2.02. The Morgan fingerprint density at radius 2 is 1.86 bits per heavy atom. The van der Waals surface area contributed by atoms with Crippen LogP contribution < -0.4 is 10.1 Å². The number of nitrogens with one attached hydrogen (secondary N) is 1. The van der Waals surface area contributed by atoms with Crippen LogP contribution in [0.1, 0.15) is 5.56 Å². The largest absolute Gasteiger partial charge is 0.497 e. The monoisotopic (exact) mass is 280 g/mol. The number of aromatic nitrogens is 1. The fourth-order valence-corrected chi connectivity index (χ4v) is 2.49. The van der Waals surface area contributed by atoms with E-state index in [2.05, 4.69) is 65.5 Å². The number of hydrogen-bond acceptors (Lipinski definition) is 2. The molecule has 1 N–H and O–H groups in total. The summed E-state index contributed by atoms with van der Waals surface area (Å²) in [6.07, 6.45) is 2.13. The van der Waals surface area contributed by atoms with E-state index in [9.17, 15) is 0 Å². The van der Waals surface area contributed by atoms with E-state index in [0.29, 0.717) is 0 Å². The SMILES string of the molecule is COc1ccc2c(ccn2CCNc2ccc(C)cc2)c1. The van der Waals surface area contributed by atoms with Gasteiger partial charge in [-0.05, 0) is 43.3 Å². The summed E-state index contributed by atoms with van der Waals surface area (Å²) in [4.78, 5) is 0. The molecular weight excluding hydrogens is 260 g/mol. The number of anilines is 1. The second-order valence-electron chi connectivity index (χ2n) is 5.23. The Bertz CT molecular complexity index is 729. The van der Waals surface area contributed by atoms with Crippen LogP contribution in [0.25, 0.3) is 10.9 Å². The molecule has 0 bridgehead atoms. The molecule has 108 valence electrons. The van der Waals surface area contributed by atoms with Gasteiger partial charge in [0, 0.05) is 35.9 Å². The lowest BCUT2D eigenvalue weighted by atomic mass is 10.2. The predicted octanol–water partition coefficient (Wildman–Crippen LogP) is 4.07. The third kappa shape index (κ3) is 3.02. The Balaban J connectivity index is 1.66. The standard InChI is InChI=1S/C18H20N2O/c1-14-3-5-16(6-4-14)19-10-12-20-11-9-15-13-17(21-2)7-8-18(15)20/h3-9,11,13,19H,10,12H2,1-2H3. The molecule has 2 aromatic carbocycles. The molecular formula is C18H20N2O. The van der Waals surface area contributed by atoms with Gasteiger partial charge >= 0.3 is 0 Å². The zero-order chi connectivity index (χ0) is 14.7. The highest BCUT2D eigenvalue weighted by atomic mass is 16.5. The molecule has 1 aromatic heterocycles. The first-order valence-corrected chi connectivity index (χ1v) is 7.20. The number of fused-ring (bicyclic) bond motifs is 1. The lowest BCUT2D eigenvalue weighted by molar-refractivity contribution is 0.415. The maximum Gasteiger partial charge on any atom is 0.119 e. The van der Waals surface area contributed by atoms with Crippen molar-refractivity contribution in [1.82, 2.24) is 4.57 Å². The van der Waals surface area contributed by atoms with E-state index in [1.54, 1.807) is 7.11 Å². The van der Waals surface area contributed by atoms with E-state index in [1.165, 1.54) is 22.2 Å². The van der Waals surface area contributed by atoms with Crippen molar-refractivity contribution in [1.29, 1.82) is 0 Å². The van der Waals surface area contributed by atoms with Crippen molar-refractivity contribution in [2.24, 2.45) is 0 Å². The zero-order valence-electron chi connectivity index (χ0n) is 12.5. The summed E-state index contributed by atoms with van der Waals surface area (Å²) in [6, 6.07) is 16.8. The average Bonchev–Trinajstić information content (AvgIpc) is 2.91. The predicted molar refractivity (Wildman–Crippen MR) is 88.2 cm³/mol. The lowest BCUT2D eigenvalue weighted by Gasteiger charge is -2.09. The van der Waals surface area contributed by atoms with Crippen molar-refractivity contribution in [2.75, 3.05) is 19.0 Å². The minimum Gasteiger partial charge on any atom is -0.497 e. The summed E-state index contributed by atoms with van der Waals surface area (Å²) < 4.78 is 7.52. The Labute approximate surface area is 125 Å². The van der Waals surface area contributed by atoms with Crippen molar-refractivity contribution < 1.29 is 4.74 Å². The second-order valence-corrected chi connectivity index (χ2v) is 5.23. The number of aryl methyl sites for hydroxylation is 1. The molecule has 3 heteroatoms. The molecule has 0 unspecified atom stereocenters. The highest BCUT2D eigenvalue weighted by Crippen LogP contribution is 2.21. The van der Waals surface area contributed by atoms with Crippen LogP contribution in [0.4, 0.5) is 5.69 Å². The van der Waals surface area contributed by atoms with Crippen molar-refractivity contribution in [3.8, 4) is 5.75 Å². The van der Waals surface area contributed by atoms with Gasteiger partial charge in [0.25, 0.3) is 0 Å². The van der Waals surface area contributed by atoms with Gasteiger partial charge in [0.05, 0.1) is 7.11 Å². The molecule has 0 saturated heterocycles. The third-order valence-corrected chi connectivity index (χ3v) is 3.71. The Morgan fingerprint density at radius 3 is 2.62 bits per heavy atom. The van der Waals surface area contributed by atoms with Gasteiger partial charge in [-0.2, -0.15) is 0 Å². The van der Waals surface area contributed by atoms with E-state index < -0.39 is 0 Å². The van der Waals surface area contributed by atoms with E-state index in [0.717, 1.165) is 18.8 Å². The first kappa shape index (κ1) is 13.6. The van der Waals surface area contributed by atoms with Gasteiger partial charge in [-0.3, -0.25) is 0 Å². The van der Waals surface area contributed by atoms with Gasteiger partial charge in [-0.15, -0.1) is 0 Å². The first-order chi connectivity index (χ1) is 10.3. The van der Waals surface area contributed by atoms with Gasteiger partial charge in [-0.1, -0.05) is 17.7 Å². The van der Waals surface area contributed by atoms with Crippen LogP contribution in [0.2, 0.25) is 0 Å². The molecule has 0 amide bonds. The summed E-state index contributed by atoms with van der Waals surface area (Å²) in [7, 11) is 1.70. The van der Waals surface area contributed by atoms with Gasteiger partial charge in [0.1, 0.15) is 5.75 Å². The van der Waals surface area contributed by atoms with Crippen LogP contribution in [0.5, 0.6) is 5.75 Å². The molecule has 0 spiro atoms. The minimum atomic E-state index is 0.901. The van der Waals surface area contributed by atoms with Crippen LogP contribution in [-0.2, 0) is 6.54 Å². The van der Waals surface area contributed by atoms with Gasteiger partial charge < -0.3 is 14.6 Å². The maximum atomic E-state index is 5.26. The maximum absolute atomic E-state index is 5.26. The molecule has 3 rings (SSSR count). The molecule has 3 aromatic rings. The molecule has 1 heterocycles. The number of methoxy groups -OCH3 is 1. The van der Waals surface area contributed by atoms with Crippen LogP contribution in [0.3, 0.4) is 0 Å². The fraction of sp³-hybridized carbons (Fsp3) is 0.222. The molecule has 0 fully saturated rings. The normalized spacial score (nSPS) is 10.8. The summed E-state index contributed by atoms with van der Waals surface area (Å²) in [5, 5.41) is 4.66. The number of benzene rings is 2. The lowest BCUT2D eigenvalue weighted by Crippen LogP contribution is -2.09. The van der Waals surface area contributed by atoms with Gasteiger partial charge in [0.2, 0.25) is 0 Å². The highest BCUT2D eigenvalue weighted by molar-refractivity contribution is 5.81. The van der Waals surface area contributed by atoms with Crippen molar-refractivity contribution in [3.05, 3.63) is 60.3 Å². The fourth-order valence-electron chi connectivity index (χ4n) is 2.49. The van der Waals surface area contributed by atoms with Crippen molar-refractivity contribution in [2.45, 2.75) is 13.5 Å². The molecule has 21 heavy (non-hydrogen) atoms. The zero-order valence-corrected chi connectivity index (χ0v) is 12.5. The molecule has 0 aliphatic rings. The topological polar surface area (TPSA) is 26.2 Å². The van der Waals surface area contributed by atoms with Crippen LogP contribution >= 0.6 is 0 Å². The minimum absolute atomic E-state index is 0.901. The summed E-state index contributed by atoms with van der Waals surface area (Å²) in [5.41, 5.74) is 3.69. The van der Waals surface area contributed by atoms with Crippen LogP contribution in [0, 0.1) is 6.92 Å². The number of ether oxygens (including phenoxy) is 1. The van der Waals surface area contributed by atoms with Crippen molar-refractivity contribution in [3.63, 3.8) is 0 Å². The van der Waals surface area contributed by atoms with Gasteiger partial charge in [-0.25, -0.2) is 0 Å². The van der Waals surface area contributed by atoms with E-state index in [4.69, 9.17) is 4.74 Å². The van der Waals surface area contributed by atoms with Crippen LogP contribution in [0.15, 0.2) is 54.7 Å². The molecule has 0 aliphatic heterocycles. The van der Waals surface area contributed by atoms with Crippen molar-refractivity contribution >= 4 is 16.6 Å². The van der Waals surface area contributed by atoms with E-state index in [-0.39, 0.29) is 0 Å². The molecule has 3 nitrogen and oxygen atoms in total. The number of rotatable bonds is 5.